The highest BCUT2D eigenvalue weighted by Crippen LogP contribution is 2.29. The topological polar surface area (TPSA) is 29.5 Å². The van der Waals surface area contributed by atoms with Crippen molar-refractivity contribution in [3.05, 3.63) is 60.7 Å². The maximum absolute atomic E-state index is 12.6. The van der Waals surface area contributed by atoms with E-state index >= 15 is 0 Å². The van der Waals surface area contributed by atoms with Crippen LogP contribution in [0.3, 0.4) is 0 Å². The lowest BCUT2D eigenvalue weighted by Crippen LogP contribution is -2.38. The smallest absolute Gasteiger partial charge is 0.411 e. The first-order valence-electron chi connectivity index (χ1n) is 7.91. The van der Waals surface area contributed by atoms with Crippen molar-refractivity contribution in [3.8, 4) is 0 Å². The number of nitrogens with zero attached hydrogens (tertiary/aromatic N) is 1. The molecule has 0 aromatic heterocycles. The Hall–Kier alpha value is -2.29. The Morgan fingerprint density at radius 2 is 1.87 bits per heavy atom. The fourth-order valence-corrected chi connectivity index (χ4v) is 2.63. The lowest BCUT2D eigenvalue weighted by Gasteiger charge is -2.31. The minimum Gasteiger partial charge on any atom is -0.444 e. The Kier molecular flexibility index (Phi) is 5.09. The summed E-state index contributed by atoms with van der Waals surface area (Å²) in [6.45, 7) is 11.9. The van der Waals surface area contributed by atoms with E-state index in [1.54, 1.807) is 11.0 Å². The molecule has 0 fully saturated rings. The van der Waals surface area contributed by atoms with Gasteiger partial charge in [0.1, 0.15) is 5.60 Å². The van der Waals surface area contributed by atoms with Crippen molar-refractivity contribution in [1.29, 1.82) is 0 Å². The third kappa shape index (κ3) is 4.13. The Morgan fingerprint density at radius 1 is 1.22 bits per heavy atom. The van der Waals surface area contributed by atoms with Gasteiger partial charge in [0.15, 0.2) is 0 Å². The predicted molar refractivity (Wildman–Crippen MR) is 95.5 cm³/mol. The van der Waals surface area contributed by atoms with Crippen LogP contribution in [0.25, 0.3) is 10.8 Å². The first-order valence-corrected chi connectivity index (χ1v) is 7.91. The fourth-order valence-electron chi connectivity index (χ4n) is 2.63. The third-order valence-electron chi connectivity index (χ3n) is 3.69. The maximum atomic E-state index is 12.6. The summed E-state index contributed by atoms with van der Waals surface area (Å²) in [5, 5.41) is 2.32. The molecule has 3 nitrogen and oxygen atoms in total. The van der Waals surface area contributed by atoms with Crippen LogP contribution in [-0.2, 0) is 4.74 Å². The first-order chi connectivity index (χ1) is 10.8. The van der Waals surface area contributed by atoms with E-state index in [-0.39, 0.29) is 12.1 Å². The van der Waals surface area contributed by atoms with Crippen LogP contribution in [0.2, 0.25) is 0 Å². The van der Waals surface area contributed by atoms with E-state index in [9.17, 15) is 4.79 Å². The highest BCUT2D eigenvalue weighted by atomic mass is 16.6. The van der Waals surface area contributed by atoms with Crippen molar-refractivity contribution in [3.63, 3.8) is 0 Å². The Balaban J connectivity index is 2.38. The van der Waals surface area contributed by atoms with Crippen molar-refractivity contribution in [2.24, 2.45) is 0 Å². The molecule has 122 valence electrons. The van der Waals surface area contributed by atoms with Gasteiger partial charge in [-0.15, -0.1) is 6.58 Å². The van der Waals surface area contributed by atoms with Crippen molar-refractivity contribution >= 4 is 16.9 Å². The van der Waals surface area contributed by atoms with E-state index in [2.05, 4.69) is 30.8 Å². The standard InChI is InChI=1S/C20H25NO2/c1-6-14-21(19(22)23-20(3,4)5)15(2)17-13-9-11-16-10-7-8-12-18(16)17/h6-13,15H,1,14H2,2-5H3/t15-/m1/s1. The second kappa shape index (κ2) is 6.86. The largest absolute Gasteiger partial charge is 0.444 e. The van der Waals surface area contributed by atoms with Crippen molar-refractivity contribution in [2.75, 3.05) is 6.54 Å². The molecule has 23 heavy (non-hydrogen) atoms. The van der Waals surface area contributed by atoms with E-state index in [1.165, 1.54) is 5.39 Å². The molecule has 0 aliphatic heterocycles. The molecule has 1 amide bonds. The molecule has 0 unspecified atom stereocenters. The molecule has 0 saturated heterocycles. The summed E-state index contributed by atoms with van der Waals surface area (Å²) in [6, 6.07) is 14.3. The molecule has 0 radical (unpaired) electrons. The highest BCUT2D eigenvalue weighted by molar-refractivity contribution is 5.86. The van der Waals surface area contributed by atoms with Crippen LogP contribution in [0.1, 0.15) is 39.3 Å². The molecule has 0 aliphatic carbocycles. The summed E-state index contributed by atoms with van der Waals surface area (Å²) in [7, 11) is 0. The highest BCUT2D eigenvalue weighted by Gasteiger charge is 2.26. The lowest BCUT2D eigenvalue weighted by atomic mass is 9.99. The Labute approximate surface area is 138 Å². The van der Waals surface area contributed by atoms with E-state index in [0.29, 0.717) is 6.54 Å². The monoisotopic (exact) mass is 311 g/mol. The molecule has 2 aromatic rings. The summed E-state index contributed by atoms with van der Waals surface area (Å²) >= 11 is 0. The van der Waals surface area contributed by atoms with Crippen LogP contribution >= 0.6 is 0 Å². The fraction of sp³-hybridized carbons (Fsp3) is 0.350. The minimum atomic E-state index is -0.519. The Morgan fingerprint density at radius 3 is 2.52 bits per heavy atom. The zero-order chi connectivity index (χ0) is 17.0. The van der Waals surface area contributed by atoms with E-state index in [1.807, 2.05) is 45.9 Å². The van der Waals surface area contributed by atoms with Crippen molar-refractivity contribution in [2.45, 2.75) is 39.3 Å². The molecule has 2 rings (SSSR count). The van der Waals surface area contributed by atoms with Crippen LogP contribution in [0.5, 0.6) is 0 Å². The van der Waals surface area contributed by atoms with Crippen LogP contribution in [-0.4, -0.2) is 23.1 Å². The van der Waals surface area contributed by atoms with Gasteiger partial charge in [0.25, 0.3) is 0 Å². The summed E-state index contributed by atoms with van der Waals surface area (Å²) < 4.78 is 5.55. The van der Waals surface area contributed by atoms with E-state index in [0.717, 1.165) is 10.9 Å². The molecule has 0 N–H and O–H groups in total. The number of hydrogen-bond donors (Lipinski definition) is 0. The number of rotatable bonds is 4. The minimum absolute atomic E-state index is 0.103. The molecule has 0 aliphatic rings. The molecule has 0 saturated carbocycles. The average molecular weight is 311 g/mol. The van der Waals surface area contributed by atoms with Crippen LogP contribution in [0.4, 0.5) is 4.79 Å². The van der Waals surface area contributed by atoms with Gasteiger partial charge < -0.3 is 4.74 Å². The second-order valence-corrected chi connectivity index (χ2v) is 6.67. The van der Waals surface area contributed by atoms with Gasteiger partial charge in [0.05, 0.1) is 6.04 Å². The number of carbonyl (C=O) groups is 1. The molecular weight excluding hydrogens is 286 g/mol. The van der Waals surface area contributed by atoms with Crippen molar-refractivity contribution in [1.82, 2.24) is 4.90 Å². The molecule has 2 aromatic carbocycles. The number of benzene rings is 2. The number of hydrogen-bond acceptors (Lipinski definition) is 2. The SMILES string of the molecule is C=CCN(C(=O)OC(C)(C)C)[C@H](C)c1cccc2ccccc12. The average Bonchev–Trinajstić information content (AvgIpc) is 2.49. The quantitative estimate of drug-likeness (QED) is 0.715. The normalized spacial score (nSPS) is 12.7. The molecule has 3 heteroatoms. The predicted octanol–water partition coefficient (Wildman–Crippen LogP) is 5.32. The Bertz CT molecular complexity index is 695. The van der Waals surface area contributed by atoms with Crippen molar-refractivity contribution < 1.29 is 9.53 Å². The summed E-state index contributed by atoms with van der Waals surface area (Å²) in [5.74, 6) is 0. The summed E-state index contributed by atoms with van der Waals surface area (Å²) in [4.78, 5) is 14.3. The van der Waals surface area contributed by atoms with Gasteiger partial charge in [-0.05, 0) is 44.0 Å². The van der Waals surface area contributed by atoms with Gasteiger partial charge in [-0.25, -0.2) is 4.79 Å². The summed E-state index contributed by atoms with van der Waals surface area (Å²) in [5.41, 5.74) is 0.588. The number of amides is 1. The number of ether oxygens (including phenoxy) is 1. The molecular formula is C20H25NO2. The maximum Gasteiger partial charge on any atom is 0.411 e. The third-order valence-corrected chi connectivity index (χ3v) is 3.69. The van der Waals surface area contributed by atoms with E-state index < -0.39 is 5.60 Å². The molecule has 1 atom stereocenters. The van der Waals surface area contributed by atoms with Crippen LogP contribution in [0, 0.1) is 0 Å². The van der Waals surface area contributed by atoms with Crippen LogP contribution < -0.4 is 0 Å². The second-order valence-electron chi connectivity index (χ2n) is 6.67. The van der Waals surface area contributed by atoms with Crippen LogP contribution in [0.15, 0.2) is 55.1 Å². The van der Waals surface area contributed by atoms with Gasteiger partial charge in [-0.3, -0.25) is 4.90 Å². The lowest BCUT2D eigenvalue weighted by molar-refractivity contribution is 0.0201. The zero-order valence-electron chi connectivity index (χ0n) is 14.4. The molecule has 0 heterocycles. The molecule has 0 spiro atoms. The molecule has 0 bridgehead atoms. The summed E-state index contributed by atoms with van der Waals surface area (Å²) in [6.07, 6.45) is 1.41. The van der Waals surface area contributed by atoms with Gasteiger partial charge in [-0.2, -0.15) is 0 Å². The van der Waals surface area contributed by atoms with Gasteiger partial charge in [0.2, 0.25) is 0 Å². The zero-order valence-corrected chi connectivity index (χ0v) is 14.4. The first kappa shape index (κ1) is 17.1. The van der Waals surface area contributed by atoms with Gasteiger partial charge in [-0.1, -0.05) is 48.5 Å². The number of carbonyl (C=O) groups excluding carboxylic acids is 1. The number of fused-ring (bicyclic) bond motifs is 1. The van der Waals surface area contributed by atoms with E-state index in [4.69, 9.17) is 4.74 Å². The van der Waals surface area contributed by atoms with Gasteiger partial charge >= 0.3 is 6.09 Å². The van der Waals surface area contributed by atoms with Gasteiger partial charge in [0, 0.05) is 6.54 Å².